The molecule has 1 aromatic carbocycles. The monoisotopic (exact) mass is 448 g/mol. The van der Waals surface area contributed by atoms with Crippen LogP contribution in [-0.2, 0) is 19.2 Å². The maximum atomic E-state index is 12.7. The van der Waals surface area contributed by atoms with Gasteiger partial charge in [-0.3, -0.25) is 19.2 Å². The van der Waals surface area contributed by atoms with Crippen LogP contribution in [0.15, 0.2) is 24.3 Å². The van der Waals surface area contributed by atoms with Crippen LogP contribution in [-0.4, -0.2) is 45.6 Å². The van der Waals surface area contributed by atoms with Gasteiger partial charge in [-0.25, -0.2) is 9.80 Å². The topological polar surface area (TPSA) is 74.8 Å². The number of imide groups is 2. The van der Waals surface area contributed by atoms with E-state index >= 15 is 0 Å². The lowest BCUT2D eigenvalue weighted by atomic mass is 10.2. The standard InChI is InChI=1S/C22H28N2O4S2/c1-3-5-11-29-17-13-19(25)23(21(17)27)15-7-9-16(10-8-15)24-20(26)14-18(22(24)28)30-12-6-4-2/h7-10,17-18H,3-6,11-14H2,1-2H3/t17-,18-/m1/s1. The lowest BCUT2D eigenvalue weighted by Crippen LogP contribution is -2.32. The average Bonchev–Trinajstić information content (AvgIpc) is 3.17. The van der Waals surface area contributed by atoms with E-state index in [1.54, 1.807) is 24.3 Å². The predicted octanol–water partition coefficient (Wildman–Crippen LogP) is 4.02. The number of benzene rings is 1. The van der Waals surface area contributed by atoms with E-state index in [9.17, 15) is 19.2 Å². The molecule has 30 heavy (non-hydrogen) atoms. The number of amides is 4. The number of rotatable bonds is 10. The second kappa shape index (κ2) is 10.5. The van der Waals surface area contributed by atoms with Gasteiger partial charge >= 0.3 is 0 Å². The SMILES string of the molecule is CCCCS[C@@H]1CC(=O)N(c2ccc(N3C(=O)C[C@@H](SCCCC)C3=O)cc2)C1=O. The summed E-state index contributed by atoms with van der Waals surface area (Å²) >= 11 is 3.08. The fourth-order valence-corrected chi connectivity index (χ4v) is 6.00. The molecular formula is C22H28N2O4S2. The van der Waals surface area contributed by atoms with Crippen molar-refractivity contribution in [1.29, 1.82) is 0 Å². The van der Waals surface area contributed by atoms with Crippen molar-refractivity contribution >= 4 is 58.5 Å². The Morgan fingerprint density at radius 3 is 1.43 bits per heavy atom. The highest BCUT2D eigenvalue weighted by molar-refractivity contribution is 8.00. The quantitative estimate of drug-likeness (QED) is 0.398. The average molecular weight is 449 g/mol. The van der Waals surface area contributed by atoms with E-state index in [-0.39, 0.29) is 47.0 Å². The molecule has 0 saturated carbocycles. The number of nitrogens with zero attached hydrogens (tertiary/aromatic N) is 2. The molecular weight excluding hydrogens is 420 g/mol. The van der Waals surface area contributed by atoms with Gasteiger partial charge in [-0.1, -0.05) is 26.7 Å². The van der Waals surface area contributed by atoms with Crippen LogP contribution in [0.25, 0.3) is 0 Å². The molecule has 0 aromatic heterocycles. The Labute approximate surface area is 186 Å². The highest BCUT2D eigenvalue weighted by Gasteiger charge is 2.41. The van der Waals surface area contributed by atoms with Crippen molar-refractivity contribution in [2.24, 2.45) is 0 Å². The van der Waals surface area contributed by atoms with Crippen molar-refractivity contribution in [3.05, 3.63) is 24.3 Å². The molecule has 162 valence electrons. The van der Waals surface area contributed by atoms with E-state index in [4.69, 9.17) is 0 Å². The fraction of sp³-hybridized carbons (Fsp3) is 0.545. The maximum absolute atomic E-state index is 12.7. The molecule has 0 N–H and O–H groups in total. The third-order valence-electron chi connectivity index (χ3n) is 5.21. The van der Waals surface area contributed by atoms with Crippen LogP contribution in [0.5, 0.6) is 0 Å². The first-order valence-corrected chi connectivity index (χ1v) is 12.6. The Kier molecular flexibility index (Phi) is 7.99. The molecule has 6 nitrogen and oxygen atoms in total. The van der Waals surface area contributed by atoms with Crippen LogP contribution < -0.4 is 9.80 Å². The van der Waals surface area contributed by atoms with Crippen LogP contribution in [0, 0.1) is 0 Å². The highest BCUT2D eigenvalue weighted by Crippen LogP contribution is 2.34. The first kappa shape index (κ1) is 22.9. The molecule has 0 unspecified atom stereocenters. The number of unbranched alkanes of at least 4 members (excludes halogenated alkanes) is 2. The molecule has 2 aliphatic heterocycles. The van der Waals surface area contributed by atoms with Gasteiger partial charge in [0.25, 0.3) is 0 Å². The molecule has 2 fully saturated rings. The number of carbonyl (C=O) groups is 4. The molecule has 2 heterocycles. The Balaban J connectivity index is 1.67. The van der Waals surface area contributed by atoms with Gasteiger partial charge in [0.05, 0.1) is 21.9 Å². The van der Waals surface area contributed by atoms with Gasteiger partial charge in [-0.05, 0) is 48.6 Å². The minimum atomic E-state index is -0.327. The number of anilines is 2. The van der Waals surface area contributed by atoms with E-state index in [2.05, 4.69) is 13.8 Å². The molecule has 2 aliphatic rings. The van der Waals surface area contributed by atoms with E-state index in [0.29, 0.717) is 11.4 Å². The summed E-state index contributed by atoms with van der Waals surface area (Å²) in [5.74, 6) is 0.946. The molecule has 0 bridgehead atoms. The summed E-state index contributed by atoms with van der Waals surface area (Å²) in [6.07, 6.45) is 4.58. The van der Waals surface area contributed by atoms with Gasteiger partial charge in [-0.2, -0.15) is 0 Å². The Bertz CT molecular complexity index is 745. The van der Waals surface area contributed by atoms with Gasteiger partial charge < -0.3 is 0 Å². The molecule has 0 aliphatic carbocycles. The minimum Gasteiger partial charge on any atom is -0.274 e. The molecule has 1 aromatic rings. The number of hydrogen-bond acceptors (Lipinski definition) is 6. The first-order valence-electron chi connectivity index (χ1n) is 10.5. The van der Waals surface area contributed by atoms with Crippen molar-refractivity contribution in [3.63, 3.8) is 0 Å². The van der Waals surface area contributed by atoms with E-state index in [1.807, 2.05) is 0 Å². The van der Waals surface area contributed by atoms with Crippen molar-refractivity contribution < 1.29 is 19.2 Å². The zero-order chi connectivity index (χ0) is 21.7. The summed E-state index contributed by atoms with van der Waals surface area (Å²) in [6.45, 7) is 4.19. The molecule has 0 spiro atoms. The zero-order valence-electron chi connectivity index (χ0n) is 17.5. The second-order valence-corrected chi connectivity index (χ2v) is 10.1. The first-order chi connectivity index (χ1) is 14.5. The van der Waals surface area contributed by atoms with Crippen molar-refractivity contribution in [2.45, 2.75) is 62.9 Å². The fourth-order valence-electron chi connectivity index (χ4n) is 3.50. The lowest BCUT2D eigenvalue weighted by molar-refractivity contribution is -0.122. The van der Waals surface area contributed by atoms with Crippen molar-refractivity contribution in [3.8, 4) is 0 Å². The molecule has 8 heteroatoms. The number of thioether (sulfide) groups is 2. The summed E-state index contributed by atoms with van der Waals surface area (Å²) in [4.78, 5) is 52.7. The Morgan fingerprint density at radius 1 is 0.733 bits per heavy atom. The number of hydrogen-bond donors (Lipinski definition) is 0. The third-order valence-corrected chi connectivity index (χ3v) is 7.80. The molecule has 2 atom stereocenters. The zero-order valence-corrected chi connectivity index (χ0v) is 19.1. The van der Waals surface area contributed by atoms with E-state index in [1.165, 1.54) is 33.3 Å². The maximum Gasteiger partial charge on any atom is 0.247 e. The molecule has 4 amide bonds. The summed E-state index contributed by atoms with van der Waals surface area (Å²) < 4.78 is 0. The molecule has 0 radical (unpaired) electrons. The summed E-state index contributed by atoms with van der Waals surface area (Å²) in [5.41, 5.74) is 0.973. The Hall–Kier alpha value is -1.80. The third kappa shape index (κ3) is 4.91. The van der Waals surface area contributed by atoms with Crippen molar-refractivity contribution in [1.82, 2.24) is 0 Å². The van der Waals surface area contributed by atoms with Gasteiger partial charge in [0, 0.05) is 12.8 Å². The Morgan fingerprint density at radius 2 is 1.10 bits per heavy atom. The van der Waals surface area contributed by atoms with Crippen molar-refractivity contribution in [2.75, 3.05) is 21.3 Å². The smallest absolute Gasteiger partial charge is 0.247 e. The molecule has 3 rings (SSSR count). The van der Waals surface area contributed by atoms with Gasteiger partial charge in [-0.15, -0.1) is 23.5 Å². The van der Waals surface area contributed by atoms with Crippen LogP contribution in [0.2, 0.25) is 0 Å². The largest absolute Gasteiger partial charge is 0.274 e. The normalized spacial score (nSPS) is 21.9. The van der Waals surface area contributed by atoms with E-state index in [0.717, 1.165) is 37.2 Å². The number of carbonyl (C=O) groups excluding carboxylic acids is 4. The summed E-state index contributed by atoms with van der Waals surface area (Å²) in [6, 6.07) is 6.56. The summed E-state index contributed by atoms with van der Waals surface area (Å²) in [5, 5.41) is -0.655. The second-order valence-electron chi connectivity index (χ2n) is 7.49. The predicted molar refractivity (Wildman–Crippen MR) is 123 cm³/mol. The minimum absolute atomic E-state index is 0.186. The van der Waals surface area contributed by atoms with E-state index < -0.39 is 0 Å². The van der Waals surface area contributed by atoms with Gasteiger partial charge in [0.1, 0.15) is 0 Å². The highest BCUT2D eigenvalue weighted by atomic mass is 32.2. The van der Waals surface area contributed by atoms with Crippen LogP contribution in [0.3, 0.4) is 0 Å². The van der Waals surface area contributed by atoms with Crippen LogP contribution in [0.1, 0.15) is 52.4 Å². The molecule has 2 saturated heterocycles. The van der Waals surface area contributed by atoms with Gasteiger partial charge in [0.2, 0.25) is 23.6 Å². The lowest BCUT2D eigenvalue weighted by Gasteiger charge is -2.18. The van der Waals surface area contributed by atoms with Crippen LogP contribution >= 0.6 is 23.5 Å². The van der Waals surface area contributed by atoms with Crippen LogP contribution in [0.4, 0.5) is 11.4 Å². The van der Waals surface area contributed by atoms with Gasteiger partial charge in [0.15, 0.2) is 0 Å². The summed E-state index contributed by atoms with van der Waals surface area (Å²) in [7, 11) is 0.